The van der Waals surface area contributed by atoms with Gasteiger partial charge in [0.2, 0.25) is 17.7 Å². The van der Waals surface area contributed by atoms with Crippen molar-refractivity contribution < 1.29 is 24.3 Å². The first-order valence-electron chi connectivity index (χ1n) is 9.75. The lowest BCUT2D eigenvalue weighted by atomic mass is 10.1. The number of nitrogens with two attached hydrogens (primary N) is 1. The smallest absolute Gasteiger partial charge is 0.326 e. The molecule has 0 saturated carbocycles. The molecule has 0 aromatic heterocycles. The van der Waals surface area contributed by atoms with Crippen LogP contribution in [0.5, 0.6) is 0 Å². The van der Waals surface area contributed by atoms with E-state index in [0.29, 0.717) is 6.42 Å². The maximum Gasteiger partial charge on any atom is 0.326 e. The average molecular weight is 426 g/mol. The van der Waals surface area contributed by atoms with Crippen LogP contribution in [0, 0.1) is 0 Å². The highest BCUT2D eigenvalue weighted by Gasteiger charge is 2.21. The van der Waals surface area contributed by atoms with Crippen molar-refractivity contribution in [2.75, 3.05) is 13.1 Å². The van der Waals surface area contributed by atoms with Gasteiger partial charge in [0.15, 0.2) is 0 Å². The highest BCUT2D eigenvalue weighted by atomic mass is 16.4. The predicted octanol–water partition coefficient (Wildman–Crippen LogP) is -0.399. The van der Waals surface area contributed by atoms with Gasteiger partial charge in [-0.2, -0.15) is 0 Å². The Balaban J connectivity index is 1.71. The summed E-state index contributed by atoms with van der Waals surface area (Å²) in [5.74, 6) is -2.91. The zero-order chi connectivity index (χ0) is 22.6. The molecule has 31 heavy (non-hydrogen) atoms. The molecule has 0 radical (unpaired) electrons. The molecule has 2 aromatic rings. The largest absolute Gasteiger partial charge is 0.480 e. The number of nitrogens with one attached hydrogen (secondary N) is 3. The Kier molecular flexibility index (Phi) is 9.18. The molecular formula is C22H26N4O5. The van der Waals surface area contributed by atoms with Gasteiger partial charge in [0.25, 0.3) is 0 Å². The Morgan fingerprint density at radius 2 is 1.29 bits per heavy atom. The summed E-state index contributed by atoms with van der Waals surface area (Å²) in [6, 6.07) is 16.2. The van der Waals surface area contributed by atoms with Crippen LogP contribution in [-0.4, -0.2) is 54.0 Å². The monoisotopic (exact) mass is 426 g/mol. The van der Waals surface area contributed by atoms with E-state index >= 15 is 0 Å². The van der Waals surface area contributed by atoms with Crippen molar-refractivity contribution in [3.05, 3.63) is 71.8 Å². The molecule has 0 unspecified atom stereocenters. The van der Waals surface area contributed by atoms with E-state index < -0.39 is 42.3 Å². The molecule has 0 spiro atoms. The van der Waals surface area contributed by atoms with E-state index in [2.05, 4.69) is 16.0 Å². The normalized spacial score (nSPS) is 12.3. The number of hydrogen-bond acceptors (Lipinski definition) is 5. The van der Waals surface area contributed by atoms with Crippen LogP contribution < -0.4 is 21.7 Å². The number of carboxylic acid groups (broad SMARTS) is 1. The van der Waals surface area contributed by atoms with Gasteiger partial charge in [-0.25, -0.2) is 4.79 Å². The third-order valence-corrected chi connectivity index (χ3v) is 4.42. The summed E-state index contributed by atoms with van der Waals surface area (Å²) in [4.78, 5) is 47.3. The van der Waals surface area contributed by atoms with E-state index in [9.17, 15) is 24.3 Å². The topological polar surface area (TPSA) is 151 Å². The maximum absolute atomic E-state index is 12.0. The Bertz CT molecular complexity index is 889. The van der Waals surface area contributed by atoms with Crippen LogP contribution in [-0.2, 0) is 32.0 Å². The molecule has 6 N–H and O–H groups in total. The van der Waals surface area contributed by atoms with Crippen LogP contribution in [0.15, 0.2) is 60.7 Å². The number of amides is 3. The van der Waals surface area contributed by atoms with Crippen LogP contribution in [0.2, 0.25) is 0 Å². The Labute approximate surface area is 180 Å². The van der Waals surface area contributed by atoms with Gasteiger partial charge in [-0.05, 0) is 17.5 Å². The Morgan fingerprint density at radius 1 is 0.774 bits per heavy atom. The third kappa shape index (κ3) is 8.67. The zero-order valence-corrected chi connectivity index (χ0v) is 16.9. The molecule has 0 bridgehead atoms. The van der Waals surface area contributed by atoms with Gasteiger partial charge in [-0.15, -0.1) is 0 Å². The van der Waals surface area contributed by atoms with Crippen molar-refractivity contribution in [1.82, 2.24) is 16.0 Å². The van der Waals surface area contributed by atoms with E-state index in [1.165, 1.54) is 0 Å². The number of carbonyl (C=O) groups is 4. The summed E-state index contributed by atoms with van der Waals surface area (Å²) in [7, 11) is 0. The number of rotatable bonds is 11. The number of aliphatic carboxylic acids is 1. The second kappa shape index (κ2) is 12.1. The minimum absolute atomic E-state index is 0.116. The van der Waals surface area contributed by atoms with E-state index in [4.69, 9.17) is 5.73 Å². The summed E-state index contributed by atoms with van der Waals surface area (Å²) < 4.78 is 0. The van der Waals surface area contributed by atoms with Crippen molar-refractivity contribution in [2.24, 2.45) is 5.73 Å². The summed E-state index contributed by atoms with van der Waals surface area (Å²) >= 11 is 0. The molecule has 0 aliphatic heterocycles. The van der Waals surface area contributed by atoms with Crippen LogP contribution in [0.3, 0.4) is 0 Å². The first kappa shape index (κ1) is 23.6. The molecule has 2 rings (SSSR count). The predicted molar refractivity (Wildman–Crippen MR) is 114 cm³/mol. The molecule has 0 fully saturated rings. The molecule has 0 heterocycles. The fourth-order valence-corrected chi connectivity index (χ4v) is 2.80. The van der Waals surface area contributed by atoms with E-state index in [1.807, 2.05) is 30.3 Å². The summed E-state index contributed by atoms with van der Waals surface area (Å²) in [6.45, 7) is -0.760. The quantitative estimate of drug-likeness (QED) is 0.330. The Hall–Kier alpha value is -3.72. The number of carbonyl (C=O) groups excluding carboxylic acids is 3. The lowest BCUT2D eigenvalue weighted by Gasteiger charge is -2.15. The lowest BCUT2D eigenvalue weighted by Crippen LogP contribution is -2.49. The molecule has 0 aliphatic carbocycles. The number of benzene rings is 2. The van der Waals surface area contributed by atoms with E-state index in [0.717, 1.165) is 11.1 Å². The highest BCUT2D eigenvalue weighted by molar-refractivity contribution is 5.90. The fraction of sp³-hybridized carbons (Fsp3) is 0.273. The Morgan fingerprint density at radius 3 is 1.84 bits per heavy atom. The van der Waals surface area contributed by atoms with Gasteiger partial charge in [0.1, 0.15) is 6.04 Å². The lowest BCUT2D eigenvalue weighted by molar-refractivity contribution is -0.141. The second-order valence-electron chi connectivity index (χ2n) is 6.94. The van der Waals surface area contributed by atoms with Gasteiger partial charge in [0.05, 0.1) is 19.1 Å². The summed E-state index contributed by atoms with van der Waals surface area (Å²) in [5.41, 5.74) is 7.50. The molecule has 2 atom stereocenters. The van der Waals surface area contributed by atoms with Crippen LogP contribution in [0.1, 0.15) is 11.1 Å². The van der Waals surface area contributed by atoms with E-state index in [-0.39, 0.29) is 13.0 Å². The molecule has 9 heteroatoms. The first-order chi connectivity index (χ1) is 14.8. The SMILES string of the molecule is N[C@H](Cc1ccccc1)C(=O)NCC(=O)NCC(=O)N[C@H](Cc1ccccc1)C(=O)O. The van der Waals surface area contributed by atoms with Crippen LogP contribution in [0.4, 0.5) is 0 Å². The molecule has 2 aromatic carbocycles. The van der Waals surface area contributed by atoms with Crippen LogP contribution >= 0.6 is 0 Å². The second-order valence-corrected chi connectivity index (χ2v) is 6.94. The van der Waals surface area contributed by atoms with Crippen molar-refractivity contribution in [3.63, 3.8) is 0 Å². The summed E-state index contributed by atoms with van der Waals surface area (Å²) in [5, 5.41) is 16.4. The standard InChI is InChI=1S/C22H26N4O5/c23-17(11-15-7-3-1-4-8-15)21(29)25-13-19(27)24-14-20(28)26-18(22(30)31)12-16-9-5-2-6-10-16/h1-10,17-18H,11-14,23H2,(H,24,27)(H,25,29)(H,26,28)(H,30,31)/t17-,18-/m1/s1. The third-order valence-electron chi connectivity index (χ3n) is 4.42. The van der Waals surface area contributed by atoms with Gasteiger partial charge in [0, 0.05) is 6.42 Å². The molecule has 0 saturated heterocycles. The number of carboxylic acids is 1. The minimum atomic E-state index is -1.18. The average Bonchev–Trinajstić information content (AvgIpc) is 2.76. The van der Waals surface area contributed by atoms with Crippen molar-refractivity contribution in [1.29, 1.82) is 0 Å². The molecule has 3 amide bonds. The molecular weight excluding hydrogens is 400 g/mol. The van der Waals surface area contributed by atoms with Crippen molar-refractivity contribution in [2.45, 2.75) is 24.9 Å². The summed E-state index contributed by atoms with van der Waals surface area (Å²) in [6.07, 6.45) is 0.444. The van der Waals surface area contributed by atoms with Gasteiger partial charge in [-0.3, -0.25) is 14.4 Å². The van der Waals surface area contributed by atoms with Crippen molar-refractivity contribution in [3.8, 4) is 0 Å². The molecule has 0 aliphatic rings. The van der Waals surface area contributed by atoms with Gasteiger partial charge >= 0.3 is 5.97 Å². The van der Waals surface area contributed by atoms with Crippen LogP contribution in [0.25, 0.3) is 0 Å². The maximum atomic E-state index is 12.0. The zero-order valence-electron chi connectivity index (χ0n) is 16.9. The fourth-order valence-electron chi connectivity index (χ4n) is 2.80. The highest BCUT2D eigenvalue weighted by Crippen LogP contribution is 2.04. The van der Waals surface area contributed by atoms with Gasteiger partial charge < -0.3 is 26.8 Å². The number of hydrogen-bond donors (Lipinski definition) is 5. The van der Waals surface area contributed by atoms with Gasteiger partial charge in [-0.1, -0.05) is 60.7 Å². The van der Waals surface area contributed by atoms with E-state index in [1.54, 1.807) is 30.3 Å². The molecule has 164 valence electrons. The molecule has 9 nitrogen and oxygen atoms in total. The first-order valence-corrected chi connectivity index (χ1v) is 9.75. The van der Waals surface area contributed by atoms with Crippen molar-refractivity contribution >= 4 is 23.7 Å². The minimum Gasteiger partial charge on any atom is -0.480 e.